The largest absolute Gasteiger partial charge is 0.469 e. The highest BCUT2D eigenvalue weighted by atomic mass is 35.5. The van der Waals surface area contributed by atoms with Crippen molar-refractivity contribution in [1.82, 2.24) is 0 Å². The van der Waals surface area contributed by atoms with E-state index in [0.717, 1.165) is 0 Å². The number of hydrogen-bond donors (Lipinski definition) is 0. The number of rotatable bonds is 1. The maximum absolute atomic E-state index is 11.0. The Balaban J connectivity index is 2.75. The summed E-state index contributed by atoms with van der Waals surface area (Å²) in [5, 5.41) is 0. The van der Waals surface area contributed by atoms with Crippen LogP contribution in [-0.2, 0) is 9.53 Å². The minimum Gasteiger partial charge on any atom is -0.469 e. The Morgan fingerprint density at radius 1 is 1.45 bits per heavy atom. The Morgan fingerprint density at radius 2 is 1.82 bits per heavy atom. The molecule has 0 aromatic heterocycles. The lowest BCUT2D eigenvalue weighted by Gasteiger charge is -1.98. The number of hydrogen-bond acceptors (Lipinski definition) is 2. The molecule has 0 aromatic rings. The van der Waals surface area contributed by atoms with Crippen LogP contribution in [0.15, 0.2) is 0 Å². The number of carbonyl (C=O) groups excluding carboxylic acids is 1. The Morgan fingerprint density at radius 3 is 1.91 bits per heavy atom. The monoisotopic (exact) mass is 196 g/mol. The van der Waals surface area contributed by atoms with Gasteiger partial charge in [0.25, 0.3) is 0 Å². The van der Waals surface area contributed by atoms with Crippen LogP contribution < -0.4 is 0 Å². The Bertz CT molecular complexity index is 185. The van der Waals surface area contributed by atoms with E-state index < -0.39 is 4.33 Å². The van der Waals surface area contributed by atoms with Crippen molar-refractivity contribution in [3.8, 4) is 0 Å². The summed E-state index contributed by atoms with van der Waals surface area (Å²) < 4.78 is 3.59. The summed E-state index contributed by atoms with van der Waals surface area (Å²) in [4.78, 5) is 11.0. The first-order valence-electron chi connectivity index (χ1n) is 3.31. The fraction of sp³-hybridized carbons (Fsp3) is 0.857. The summed E-state index contributed by atoms with van der Waals surface area (Å²) in [7, 11) is 1.33. The minimum atomic E-state index is -0.944. The molecule has 2 nitrogen and oxygen atoms in total. The topological polar surface area (TPSA) is 26.3 Å². The molecule has 0 heterocycles. The quantitative estimate of drug-likeness (QED) is 0.474. The molecule has 1 rings (SSSR count). The molecule has 1 aliphatic rings. The summed E-state index contributed by atoms with van der Waals surface area (Å²) in [5.41, 5.74) is -0.358. The van der Waals surface area contributed by atoms with E-state index in [-0.39, 0.29) is 17.3 Å². The average molecular weight is 197 g/mol. The van der Waals surface area contributed by atoms with Gasteiger partial charge in [-0.25, -0.2) is 0 Å². The van der Waals surface area contributed by atoms with Gasteiger partial charge in [-0.2, -0.15) is 0 Å². The molecule has 0 aliphatic heterocycles. The van der Waals surface area contributed by atoms with Crippen molar-refractivity contribution in [2.24, 2.45) is 11.3 Å². The van der Waals surface area contributed by atoms with E-state index in [0.29, 0.717) is 0 Å². The fourth-order valence-corrected chi connectivity index (χ4v) is 2.05. The molecule has 11 heavy (non-hydrogen) atoms. The van der Waals surface area contributed by atoms with E-state index in [4.69, 9.17) is 23.2 Å². The number of esters is 1. The van der Waals surface area contributed by atoms with Crippen LogP contribution in [-0.4, -0.2) is 17.4 Å². The third kappa shape index (κ3) is 1.04. The smallest absolute Gasteiger partial charge is 0.312 e. The summed E-state index contributed by atoms with van der Waals surface area (Å²) in [5.74, 6) is -0.719. The lowest BCUT2D eigenvalue weighted by molar-refractivity contribution is -0.142. The van der Waals surface area contributed by atoms with Crippen molar-refractivity contribution in [1.29, 1.82) is 0 Å². The predicted molar refractivity (Wildman–Crippen MR) is 43.7 cm³/mol. The van der Waals surface area contributed by atoms with Crippen LogP contribution in [0.5, 0.6) is 0 Å². The molecule has 1 fully saturated rings. The molecule has 1 saturated carbocycles. The van der Waals surface area contributed by atoms with E-state index in [1.165, 1.54) is 7.11 Å². The molecule has 1 aliphatic carbocycles. The van der Waals surface area contributed by atoms with Crippen molar-refractivity contribution in [2.45, 2.75) is 18.2 Å². The Labute approximate surface area is 75.8 Å². The molecule has 1 unspecified atom stereocenters. The first-order chi connectivity index (χ1) is 4.85. The van der Waals surface area contributed by atoms with E-state index in [9.17, 15) is 4.79 Å². The average Bonchev–Trinajstić information content (AvgIpc) is 2.24. The second-order valence-corrected chi connectivity index (χ2v) is 4.69. The Hall–Kier alpha value is 0.0500. The second kappa shape index (κ2) is 2.27. The molecular weight excluding hydrogens is 187 g/mol. The summed E-state index contributed by atoms with van der Waals surface area (Å²) in [6.45, 7) is 3.68. The van der Waals surface area contributed by atoms with Crippen LogP contribution in [0.4, 0.5) is 0 Å². The minimum absolute atomic E-state index is 0.333. The highest BCUT2D eigenvalue weighted by Gasteiger charge is 2.74. The molecular formula is C7H10Cl2O2. The summed E-state index contributed by atoms with van der Waals surface area (Å²) >= 11 is 11.7. The molecule has 0 amide bonds. The van der Waals surface area contributed by atoms with Crippen molar-refractivity contribution < 1.29 is 9.53 Å². The van der Waals surface area contributed by atoms with Crippen LogP contribution >= 0.6 is 23.2 Å². The zero-order valence-corrected chi connectivity index (χ0v) is 8.16. The van der Waals surface area contributed by atoms with Crippen molar-refractivity contribution in [3.05, 3.63) is 0 Å². The highest BCUT2D eigenvalue weighted by molar-refractivity contribution is 6.53. The molecule has 0 saturated heterocycles. The van der Waals surface area contributed by atoms with Crippen LogP contribution in [0.1, 0.15) is 13.8 Å². The lowest BCUT2D eigenvalue weighted by atomic mass is 10.1. The first-order valence-corrected chi connectivity index (χ1v) is 4.07. The van der Waals surface area contributed by atoms with E-state index >= 15 is 0 Å². The number of alkyl halides is 2. The number of methoxy groups -OCH3 is 1. The van der Waals surface area contributed by atoms with Crippen LogP contribution in [0.2, 0.25) is 0 Å². The zero-order valence-electron chi connectivity index (χ0n) is 6.65. The van der Waals surface area contributed by atoms with Crippen LogP contribution in [0.25, 0.3) is 0 Å². The molecule has 0 aromatic carbocycles. The standard InChI is InChI=1S/C7H10Cl2O2/c1-6(2)4(5(10)11-3)7(6,8)9/h4H,1-3H3. The van der Waals surface area contributed by atoms with Crippen molar-refractivity contribution in [3.63, 3.8) is 0 Å². The van der Waals surface area contributed by atoms with Crippen LogP contribution in [0.3, 0.4) is 0 Å². The SMILES string of the molecule is COC(=O)C1C(C)(C)C1(Cl)Cl. The van der Waals surface area contributed by atoms with Gasteiger partial charge in [0.05, 0.1) is 13.0 Å². The molecule has 0 bridgehead atoms. The third-order valence-corrected chi connectivity index (χ3v) is 3.71. The zero-order chi connectivity index (χ0) is 8.86. The maximum Gasteiger partial charge on any atom is 0.312 e. The van der Waals surface area contributed by atoms with E-state index in [1.807, 2.05) is 13.8 Å². The number of carbonyl (C=O) groups is 1. The molecule has 0 radical (unpaired) electrons. The molecule has 1 atom stereocenters. The second-order valence-electron chi connectivity index (χ2n) is 3.30. The third-order valence-electron chi connectivity index (χ3n) is 2.30. The van der Waals surface area contributed by atoms with Gasteiger partial charge in [-0.05, 0) is 0 Å². The number of ether oxygens (including phenoxy) is 1. The normalized spacial score (nSPS) is 31.2. The van der Waals surface area contributed by atoms with Gasteiger partial charge in [-0.15, -0.1) is 23.2 Å². The van der Waals surface area contributed by atoms with Crippen molar-refractivity contribution in [2.75, 3.05) is 7.11 Å². The molecule has 4 heteroatoms. The molecule has 64 valence electrons. The van der Waals surface area contributed by atoms with Gasteiger partial charge < -0.3 is 4.74 Å². The fourth-order valence-electron chi connectivity index (χ4n) is 1.22. The van der Waals surface area contributed by atoms with E-state index in [1.54, 1.807) is 0 Å². The molecule has 0 N–H and O–H groups in total. The lowest BCUT2D eigenvalue weighted by Crippen LogP contribution is -2.08. The van der Waals surface area contributed by atoms with Gasteiger partial charge in [0.1, 0.15) is 4.33 Å². The van der Waals surface area contributed by atoms with Gasteiger partial charge in [0.2, 0.25) is 0 Å². The van der Waals surface area contributed by atoms with E-state index in [2.05, 4.69) is 4.74 Å². The van der Waals surface area contributed by atoms with Crippen LogP contribution in [0, 0.1) is 11.3 Å². The Kier molecular flexibility index (Phi) is 1.88. The van der Waals surface area contributed by atoms with Gasteiger partial charge in [-0.3, -0.25) is 4.79 Å². The predicted octanol–water partition coefficient (Wildman–Crippen LogP) is 1.99. The van der Waals surface area contributed by atoms with Gasteiger partial charge in [-0.1, -0.05) is 13.8 Å². The first kappa shape index (κ1) is 9.14. The van der Waals surface area contributed by atoms with Gasteiger partial charge in [0, 0.05) is 5.41 Å². The summed E-state index contributed by atoms with van der Waals surface area (Å²) in [6, 6.07) is 0. The molecule has 0 spiro atoms. The summed E-state index contributed by atoms with van der Waals surface area (Å²) in [6.07, 6.45) is 0. The maximum atomic E-state index is 11.0. The van der Waals surface area contributed by atoms with Crippen molar-refractivity contribution >= 4 is 29.2 Å². The number of halogens is 2. The van der Waals surface area contributed by atoms with Gasteiger partial charge >= 0.3 is 5.97 Å². The highest BCUT2D eigenvalue weighted by Crippen LogP contribution is 2.68. The van der Waals surface area contributed by atoms with Gasteiger partial charge in [0.15, 0.2) is 0 Å².